The first-order valence-corrected chi connectivity index (χ1v) is 8.24. The van der Waals surface area contributed by atoms with Gasteiger partial charge in [0.15, 0.2) is 5.82 Å². The Labute approximate surface area is 116 Å². The molecule has 0 amide bonds. The van der Waals surface area contributed by atoms with Gasteiger partial charge in [-0.25, -0.2) is 13.6 Å². The average molecular weight is 300 g/mol. The van der Waals surface area contributed by atoms with E-state index in [9.17, 15) is 8.42 Å². The van der Waals surface area contributed by atoms with Gasteiger partial charge in [0.2, 0.25) is 0 Å². The molecule has 0 saturated heterocycles. The van der Waals surface area contributed by atoms with E-state index in [1.165, 1.54) is 4.88 Å². The SMILES string of the molecule is CCCn1c(-c2cc(C)c(C)s2)nnc1S(N)(=O)=O. The summed E-state index contributed by atoms with van der Waals surface area (Å²) in [7, 11) is -3.85. The van der Waals surface area contributed by atoms with Gasteiger partial charge in [-0.2, -0.15) is 0 Å². The van der Waals surface area contributed by atoms with Crippen molar-refractivity contribution < 1.29 is 8.42 Å². The van der Waals surface area contributed by atoms with E-state index in [1.54, 1.807) is 15.9 Å². The highest BCUT2D eigenvalue weighted by Crippen LogP contribution is 2.30. The first-order chi connectivity index (χ1) is 8.84. The average Bonchev–Trinajstić information content (AvgIpc) is 2.84. The lowest BCUT2D eigenvalue weighted by Gasteiger charge is -2.06. The molecule has 0 spiro atoms. The Balaban J connectivity index is 2.61. The van der Waals surface area contributed by atoms with Gasteiger partial charge in [0, 0.05) is 11.4 Å². The van der Waals surface area contributed by atoms with Crippen LogP contribution in [0.15, 0.2) is 11.2 Å². The van der Waals surface area contributed by atoms with Crippen molar-refractivity contribution in [1.82, 2.24) is 14.8 Å². The lowest BCUT2D eigenvalue weighted by Crippen LogP contribution is -2.18. The number of hydrogen-bond donors (Lipinski definition) is 1. The van der Waals surface area contributed by atoms with E-state index in [1.807, 2.05) is 26.8 Å². The number of sulfonamides is 1. The second kappa shape index (κ2) is 5.03. The Kier molecular flexibility index (Phi) is 3.75. The van der Waals surface area contributed by atoms with Gasteiger partial charge in [0.1, 0.15) is 0 Å². The lowest BCUT2D eigenvalue weighted by atomic mass is 10.3. The van der Waals surface area contributed by atoms with Crippen LogP contribution in [-0.2, 0) is 16.6 Å². The molecule has 2 heterocycles. The van der Waals surface area contributed by atoms with Gasteiger partial charge in [0.05, 0.1) is 4.88 Å². The topological polar surface area (TPSA) is 90.9 Å². The molecule has 19 heavy (non-hydrogen) atoms. The van der Waals surface area contributed by atoms with Crippen LogP contribution in [0.3, 0.4) is 0 Å². The van der Waals surface area contributed by atoms with E-state index in [0.29, 0.717) is 12.4 Å². The zero-order chi connectivity index (χ0) is 14.2. The van der Waals surface area contributed by atoms with E-state index in [4.69, 9.17) is 5.14 Å². The summed E-state index contributed by atoms with van der Waals surface area (Å²) in [5, 5.41) is 12.7. The van der Waals surface area contributed by atoms with Crippen molar-refractivity contribution in [2.45, 2.75) is 38.9 Å². The molecule has 0 aliphatic rings. The third kappa shape index (κ3) is 2.70. The molecule has 0 unspecified atom stereocenters. The van der Waals surface area contributed by atoms with E-state index in [0.717, 1.165) is 16.9 Å². The minimum absolute atomic E-state index is 0.173. The van der Waals surface area contributed by atoms with E-state index >= 15 is 0 Å². The van der Waals surface area contributed by atoms with Gasteiger partial charge >= 0.3 is 0 Å². The molecule has 2 aromatic heterocycles. The fraction of sp³-hybridized carbons (Fsp3) is 0.455. The monoisotopic (exact) mass is 300 g/mol. The summed E-state index contributed by atoms with van der Waals surface area (Å²) in [6.07, 6.45) is 0.775. The largest absolute Gasteiger partial charge is 0.296 e. The molecule has 0 aliphatic heterocycles. The molecule has 0 saturated carbocycles. The number of nitrogens with two attached hydrogens (primary N) is 1. The Hall–Kier alpha value is -1.25. The van der Waals surface area contributed by atoms with Crippen molar-refractivity contribution in [1.29, 1.82) is 0 Å². The number of nitrogens with zero attached hydrogens (tertiary/aromatic N) is 3. The molecule has 0 aromatic carbocycles. The Morgan fingerprint density at radius 1 is 1.37 bits per heavy atom. The zero-order valence-corrected chi connectivity index (χ0v) is 12.7. The van der Waals surface area contributed by atoms with Gasteiger partial charge in [-0.1, -0.05) is 6.92 Å². The number of primary sulfonamides is 1. The van der Waals surface area contributed by atoms with Crippen molar-refractivity contribution in [2.24, 2.45) is 5.14 Å². The first-order valence-electron chi connectivity index (χ1n) is 5.88. The van der Waals surface area contributed by atoms with E-state index < -0.39 is 10.0 Å². The maximum absolute atomic E-state index is 11.5. The zero-order valence-electron chi connectivity index (χ0n) is 11.0. The van der Waals surface area contributed by atoms with Crippen LogP contribution in [0.25, 0.3) is 10.7 Å². The van der Waals surface area contributed by atoms with Crippen LogP contribution in [-0.4, -0.2) is 23.2 Å². The van der Waals surface area contributed by atoms with Crippen LogP contribution < -0.4 is 5.14 Å². The molecule has 0 aliphatic carbocycles. The predicted octanol–water partition coefficient (Wildman–Crippen LogP) is 1.68. The Bertz CT molecular complexity index is 681. The second-order valence-corrected chi connectivity index (χ2v) is 7.06. The van der Waals surface area contributed by atoms with E-state index in [-0.39, 0.29) is 5.16 Å². The summed E-state index contributed by atoms with van der Waals surface area (Å²) >= 11 is 1.57. The van der Waals surface area contributed by atoms with Crippen molar-refractivity contribution in [3.63, 3.8) is 0 Å². The standard InChI is InChI=1S/C11H16N4O2S2/c1-4-5-15-10(9-6-7(2)8(3)18-9)13-14-11(15)19(12,16)17/h6H,4-5H2,1-3H3,(H2,12,16,17). The summed E-state index contributed by atoms with van der Waals surface area (Å²) in [6.45, 7) is 6.51. The molecule has 2 rings (SSSR count). The molecular weight excluding hydrogens is 284 g/mol. The van der Waals surface area contributed by atoms with Gasteiger partial charge in [-0.3, -0.25) is 4.57 Å². The van der Waals surface area contributed by atoms with Crippen LogP contribution >= 0.6 is 11.3 Å². The molecule has 6 nitrogen and oxygen atoms in total. The fourth-order valence-corrected chi connectivity index (χ4v) is 3.46. The molecular formula is C11H16N4O2S2. The highest BCUT2D eigenvalue weighted by molar-refractivity contribution is 7.89. The highest BCUT2D eigenvalue weighted by Gasteiger charge is 2.22. The molecule has 8 heteroatoms. The third-order valence-corrected chi connectivity index (χ3v) is 4.76. The number of thiophene rings is 1. The predicted molar refractivity (Wildman–Crippen MR) is 74.5 cm³/mol. The summed E-state index contributed by atoms with van der Waals surface area (Å²) in [4.78, 5) is 2.09. The van der Waals surface area contributed by atoms with Crippen LogP contribution in [0.2, 0.25) is 0 Å². The van der Waals surface area contributed by atoms with Gasteiger partial charge in [-0.15, -0.1) is 21.5 Å². The highest BCUT2D eigenvalue weighted by atomic mass is 32.2. The molecule has 0 fully saturated rings. The van der Waals surface area contributed by atoms with E-state index in [2.05, 4.69) is 10.2 Å². The maximum atomic E-state index is 11.5. The molecule has 2 aromatic rings. The van der Waals surface area contributed by atoms with Gasteiger partial charge < -0.3 is 0 Å². The van der Waals surface area contributed by atoms with Crippen LogP contribution in [0, 0.1) is 13.8 Å². The van der Waals surface area contributed by atoms with Crippen molar-refractivity contribution in [3.05, 3.63) is 16.5 Å². The molecule has 104 valence electrons. The van der Waals surface area contributed by atoms with Crippen LogP contribution in [0.5, 0.6) is 0 Å². The second-order valence-electron chi connectivity index (χ2n) is 4.35. The third-order valence-electron chi connectivity index (χ3n) is 2.80. The normalized spacial score (nSPS) is 12.0. The number of aromatic nitrogens is 3. The van der Waals surface area contributed by atoms with Crippen LogP contribution in [0.1, 0.15) is 23.8 Å². The van der Waals surface area contributed by atoms with Crippen molar-refractivity contribution in [2.75, 3.05) is 0 Å². The maximum Gasteiger partial charge on any atom is 0.273 e. The van der Waals surface area contributed by atoms with Crippen LogP contribution in [0.4, 0.5) is 0 Å². The smallest absolute Gasteiger partial charge is 0.273 e. The minimum Gasteiger partial charge on any atom is -0.296 e. The van der Waals surface area contributed by atoms with Crippen molar-refractivity contribution >= 4 is 21.4 Å². The molecule has 0 atom stereocenters. The number of hydrogen-bond acceptors (Lipinski definition) is 5. The first kappa shape index (κ1) is 14.2. The molecule has 0 bridgehead atoms. The number of rotatable bonds is 4. The minimum atomic E-state index is -3.85. The Morgan fingerprint density at radius 2 is 2.05 bits per heavy atom. The Morgan fingerprint density at radius 3 is 2.53 bits per heavy atom. The summed E-state index contributed by atoms with van der Waals surface area (Å²) in [5.74, 6) is 0.562. The number of aryl methyl sites for hydroxylation is 2. The summed E-state index contributed by atoms with van der Waals surface area (Å²) in [6, 6.07) is 1.99. The summed E-state index contributed by atoms with van der Waals surface area (Å²) in [5.41, 5.74) is 1.16. The quantitative estimate of drug-likeness (QED) is 0.930. The van der Waals surface area contributed by atoms with Gasteiger partial charge in [0.25, 0.3) is 15.2 Å². The van der Waals surface area contributed by atoms with Crippen molar-refractivity contribution in [3.8, 4) is 10.7 Å². The lowest BCUT2D eigenvalue weighted by molar-refractivity contribution is 0.560. The van der Waals surface area contributed by atoms with Gasteiger partial charge in [-0.05, 0) is 31.9 Å². The molecule has 2 N–H and O–H groups in total. The fourth-order valence-electron chi connectivity index (χ4n) is 1.79. The summed E-state index contributed by atoms with van der Waals surface area (Å²) < 4.78 is 24.6. The molecule has 0 radical (unpaired) electrons.